The van der Waals surface area contributed by atoms with Gasteiger partial charge in [-0.25, -0.2) is 0 Å². The van der Waals surface area contributed by atoms with Gasteiger partial charge in [0.05, 0.1) is 0 Å². The molecule has 148 valence electrons. The molecule has 4 rings (SSSR count). The molecule has 2 N–H and O–H groups in total. The first kappa shape index (κ1) is 18.9. The van der Waals surface area contributed by atoms with Crippen LogP contribution in [0.15, 0.2) is 63.5 Å². The van der Waals surface area contributed by atoms with E-state index >= 15 is 0 Å². The molecule has 0 aliphatic carbocycles. The number of hydrogen-bond acceptors (Lipinski definition) is 6. The Kier molecular flexibility index (Phi) is 5.39. The monoisotopic (exact) mass is 458 g/mol. The van der Waals surface area contributed by atoms with Crippen LogP contribution in [0.3, 0.4) is 0 Å². The third kappa shape index (κ3) is 4.52. The number of nitrogens with one attached hydrogen (secondary N) is 2. The first-order chi connectivity index (χ1) is 14.1. The first-order valence-corrected chi connectivity index (χ1v) is 9.35. The standard InChI is InChI=1S/C20H15BrN2O6/c21-13-2-4-14(5-3-13)26-10-15-6-8-17(29-15)20(25)23-22-19(24)12-1-7-16-18(9-12)28-11-27-16/h1-9H,10-11H2,(H,22,24)(H,23,25). The average molecular weight is 459 g/mol. The van der Waals surface area contributed by atoms with E-state index in [9.17, 15) is 9.59 Å². The number of benzene rings is 2. The predicted molar refractivity (Wildman–Crippen MR) is 105 cm³/mol. The van der Waals surface area contributed by atoms with Crippen LogP contribution < -0.4 is 25.1 Å². The predicted octanol–water partition coefficient (Wildman–Crippen LogP) is 3.42. The second kappa shape index (κ2) is 8.27. The molecule has 0 saturated carbocycles. The molecule has 0 radical (unpaired) electrons. The fraction of sp³-hybridized carbons (Fsp3) is 0.100. The first-order valence-electron chi connectivity index (χ1n) is 8.56. The summed E-state index contributed by atoms with van der Waals surface area (Å²) < 4.78 is 22.4. The fourth-order valence-electron chi connectivity index (χ4n) is 2.55. The highest BCUT2D eigenvalue weighted by Gasteiger charge is 2.17. The Morgan fingerprint density at radius 3 is 2.52 bits per heavy atom. The lowest BCUT2D eigenvalue weighted by atomic mass is 10.2. The fourth-order valence-corrected chi connectivity index (χ4v) is 2.81. The van der Waals surface area contributed by atoms with Crippen molar-refractivity contribution >= 4 is 27.7 Å². The van der Waals surface area contributed by atoms with Crippen molar-refractivity contribution in [2.24, 2.45) is 0 Å². The van der Waals surface area contributed by atoms with E-state index in [4.69, 9.17) is 18.6 Å². The molecule has 9 heteroatoms. The minimum absolute atomic E-state index is 0.0467. The van der Waals surface area contributed by atoms with Crippen molar-refractivity contribution in [1.29, 1.82) is 0 Å². The zero-order valence-electron chi connectivity index (χ0n) is 14.9. The van der Waals surface area contributed by atoms with Gasteiger partial charge in [-0.1, -0.05) is 15.9 Å². The van der Waals surface area contributed by atoms with Crippen molar-refractivity contribution in [3.05, 3.63) is 76.2 Å². The van der Waals surface area contributed by atoms with Crippen LogP contribution in [0.5, 0.6) is 17.2 Å². The second-order valence-corrected chi connectivity index (χ2v) is 6.90. The van der Waals surface area contributed by atoms with Gasteiger partial charge in [0.1, 0.15) is 18.1 Å². The molecule has 8 nitrogen and oxygen atoms in total. The largest absolute Gasteiger partial charge is 0.486 e. The lowest BCUT2D eigenvalue weighted by molar-refractivity contribution is 0.0828. The SMILES string of the molecule is O=C(NNC(=O)c1ccc(COc2ccc(Br)cc2)o1)c1ccc2c(c1)OCO2. The van der Waals surface area contributed by atoms with E-state index in [1.54, 1.807) is 18.2 Å². The molecule has 1 aromatic heterocycles. The third-order valence-corrected chi connectivity index (χ3v) is 4.53. The summed E-state index contributed by atoms with van der Waals surface area (Å²) in [6.45, 7) is 0.280. The van der Waals surface area contributed by atoms with Crippen LogP contribution in [0.25, 0.3) is 0 Å². The second-order valence-electron chi connectivity index (χ2n) is 5.98. The average Bonchev–Trinajstić information content (AvgIpc) is 3.40. The van der Waals surface area contributed by atoms with Crippen LogP contribution >= 0.6 is 15.9 Å². The molecule has 2 amide bonds. The van der Waals surface area contributed by atoms with E-state index < -0.39 is 11.8 Å². The molecular weight excluding hydrogens is 444 g/mol. The molecule has 0 atom stereocenters. The maximum atomic E-state index is 12.2. The van der Waals surface area contributed by atoms with Crippen LogP contribution in [0.2, 0.25) is 0 Å². The van der Waals surface area contributed by atoms with Crippen molar-refractivity contribution in [3.63, 3.8) is 0 Å². The quantitative estimate of drug-likeness (QED) is 0.568. The molecule has 1 aliphatic heterocycles. The number of furan rings is 1. The molecule has 0 saturated heterocycles. The lowest BCUT2D eigenvalue weighted by Crippen LogP contribution is -2.41. The van der Waals surface area contributed by atoms with Crippen LogP contribution in [-0.4, -0.2) is 18.6 Å². The number of hydrogen-bond donors (Lipinski definition) is 2. The van der Waals surface area contributed by atoms with Crippen molar-refractivity contribution in [2.45, 2.75) is 6.61 Å². The highest BCUT2D eigenvalue weighted by molar-refractivity contribution is 9.10. The number of carbonyl (C=O) groups excluding carboxylic acids is 2. The van der Waals surface area contributed by atoms with Gasteiger partial charge < -0.3 is 18.6 Å². The molecule has 29 heavy (non-hydrogen) atoms. The summed E-state index contributed by atoms with van der Waals surface area (Å²) in [6, 6.07) is 15.2. The van der Waals surface area contributed by atoms with Gasteiger partial charge in [-0.3, -0.25) is 20.4 Å². The Hall–Kier alpha value is -3.46. The zero-order valence-corrected chi connectivity index (χ0v) is 16.5. The van der Waals surface area contributed by atoms with E-state index in [0.717, 1.165) is 4.47 Å². The van der Waals surface area contributed by atoms with Gasteiger partial charge >= 0.3 is 5.91 Å². The van der Waals surface area contributed by atoms with Gasteiger partial charge in [-0.2, -0.15) is 0 Å². The van der Waals surface area contributed by atoms with E-state index in [0.29, 0.717) is 28.6 Å². The Bertz CT molecular complexity index is 1050. The Morgan fingerprint density at radius 2 is 1.69 bits per heavy atom. The summed E-state index contributed by atoms with van der Waals surface area (Å²) in [6.07, 6.45) is 0. The highest BCUT2D eigenvalue weighted by Crippen LogP contribution is 2.32. The highest BCUT2D eigenvalue weighted by atomic mass is 79.9. The maximum absolute atomic E-state index is 12.2. The number of amides is 2. The minimum atomic E-state index is -0.589. The van der Waals surface area contributed by atoms with E-state index in [2.05, 4.69) is 26.8 Å². The van der Waals surface area contributed by atoms with Crippen LogP contribution in [-0.2, 0) is 6.61 Å². The minimum Gasteiger partial charge on any atom is -0.486 e. The molecule has 2 heterocycles. The molecule has 1 aliphatic rings. The van der Waals surface area contributed by atoms with Gasteiger partial charge in [0, 0.05) is 10.0 Å². The number of halogens is 1. The van der Waals surface area contributed by atoms with Crippen LogP contribution in [0.4, 0.5) is 0 Å². The Morgan fingerprint density at radius 1 is 0.931 bits per heavy atom. The molecule has 0 spiro atoms. The van der Waals surface area contributed by atoms with Gasteiger partial charge in [-0.05, 0) is 54.6 Å². The van der Waals surface area contributed by atoms with Crippen LogP contribution in [0, 0.1) is 0 Å². The van der Waals surface area contributed by atoms with Gasteiger partial charge in [0.25, 0.3) is 5.91 Å². The molecule has 2 aromatic carbocycles. The zero-order chi connectivity index (χ0) is 20.2. The van der Waals surface area contributed by atoms with Gasteiger partial charge in [0.2, 0.25) is 6.79 Å². The topological polar surface area (TPSA) is 99.0 Å². The summed E-state index contributed by atoms with van der Waals surface area (Å²) in [5, 5.41) is 0. The summed E-state index contributed by atoms with van der Waals surface area (Å²) in [5.41, 5.74) is 4.96. The third-order valence-electron chi connectivity index (χ3n) is 4.00. The molecule has 3 aromatic rings. The van der Waals surface area contributed by atoms with Crippen LogP contribution in [0.1, 0.15) is 26.7 Å². The van der Waals surface area contributed by atoms with Gasteiger partial charge in [-0.15, -0.1) is 0 Å². The summed E-state index contributed by atoms with van der Waals surface area (Å²) in [4.78, 5) is 24.4. The van der Waals surface area contributed by atoms with Crippen molar-refractivity contribution in [2.75, 3.05) is 6.79 Å². The normalized spacial score (nSPS) is 11.8. The van der Waals surface area contributed by atoms with Crippen molar-refractivity contribution < 1.29 is 28.2 Å². The number of fused-ring (bicyclic) bond motifs is 1. The Balaban J connectivity index is 1.29. The Labute approximate surface area is 173 Å². The van der Waals surface area contributed by atoms with Gasteiger partial charge in [0.15, 0.2) is 17.3 Å². The number of hydrazine groups is 1. The van der Waals surface area contributed by atoms with Crippen molar-refractivity contribution in [1.82, 2.24) is 10.9 Å². The van der Waals surface area contributed by atoms with E-state index in [-0.39, 0.29) is 19.2 Å². The summed E-state index contributed by atoms with van der Waals surface area (Å²) >= 11 is 3.35. The molecule has 0 bridgehead atoms. The smallest absolute Gasteiger partial charge is 0.305 e. The summed E-state index contributed by atoms with van der Waals surface area (Å²) in [7, 11) is 0. The number of rotatable bonds is 5. The molecule has 0 fully saturated rings. The molecule has 0 unspecified atom stereocenters. The van der Waals surface area contributed by atoms with E-state index in [1.807, 2.05) is 24.3 Å². The summed E-state index contributed by atoms with van der Waals surface area (Å²) in [5.74, 6) is 1.15. The number of ether oxygens (including phenoxy) is 3. The lowest BCUT2D eigenvalue weighted by Gasteiger charge is -2.07. The number of carbonyl (C=O) groups is 2. The molecular formula is C20H15BrN2O6. The van der Waals surface area contributed by atoms with E-state index in [1.165, 1.54) is 12.1 Å². The van der Waals surface area contributed by atoms with Crippen molar-refractivity contribution in [3.8, 4) is 17.2 Å². The maximum Gasteiger partial charge on any atom is 0.305 e.